The van der Waals surface area contributed by atoms with Crippen LogP contribution in [0.25, 0.3) is 10.1 Å². The number of likely N-dealkylation sites (tertiary alicyclic amines) is 2. The highest BCUT2D eigenvalue weighted by Gasteiger charge is 2.47. The molecule has 2 aliphatic heterocycles. The van der Waals surface area contributed by atoms with Gasteiger partial charge >= 0.3 is 0 Å². The highest BCUT2D eigenvalue weighted by Crippen LogP contribution is 2.32. The van der Waals surface area contributed by atoms with Crippen LogP contribution in [0, 0.1) is 11.3 Å². The van der Waals surface area contributed by atoms with Gasteiger partial charge in [-0.3, -0.25) is 9.69 Å². The largest absolute Gasteiger partial charge is 0.380 e. The molecule has 142 valence electrons. The first-order valence-electron chi connectivity index (χ1n) is 8.97. The van der Waals surface area contributed by atoms with E-state index in [1.54, 1.807) is 11.3 Å². The number of anilines is 1. The topological polar surface area (TPSA) is 59.4 Å². The maximum absolute atomic E-state index is 13.5. The number of halogens is 2. The zero-order valence-electron chi connectivity index (χ0n) is 14.7. The fourth-order valence-corrected chi connectivity index (χ4v) is 4.72. The van der Waals surface area contributed by atoms with Gasteiger partial charge in [0.05, 0.1) is 19.2 Å². The Morgan fingerprint density at radius 2 is 2.26 bits per heavy atom. The minimum absolute atomic E-state index is 0.0785. The maximum atomic E-state index is 13.5. The second kappa shape index (κ2) is 7.06. The molecule has 2 aromatic rings. The number of hydrogen-bond acceptors (Lipinski definition) is 5. The molecule has 2 atom stereocenters. The summed E-state index contributed by atoms with van der Waals surface area (Å²) in [6.07, 6.45) is 0.315. The second-order valence-electron chi connectivity index (χ2n) is 7.23. The summed E-state index contributed by atoms with van der Waals surface area (Å²) in [5.74, 6) is -3.36. The number of thiophene rings is 1. The third kappa shape index (κ3) is 3.75. The average Bonchev–Trinajstić information content (AvgIpc) is 3.33. The van der Waals surface area contributed by atoms with Crippen LogP contribution in [0.2, 0.25) is 0 Å². The van der Waals surface area contributed by atoms with Crippen LogP contribution in [0.4, 0.5) is 14.5 Å². The molecule has 5 nitrogen and oxygen atoms in total. The van der Waals surface area contributed by atoms with Crippen LogP contribution in [-0.2, 0) is 4.79 Å². The first-order chi connectivity index (χ1) is 12.9. The van der Waals surface area contributed by atoms with E-state index in [1.807, 2.05) is 23.1 Å². The van der Waals surface area contributed by atoms with Crippen molar-refractivity contribution in [3.8, 4) is 6.07 Å². The van der Waals surface area contributed by atoms with Crippen molar-refractivity contribution < 1.29 is 13.6 Å². The van der Waals surface area contributed by atoms with E-state index in [0.29, 0.717) is 6.54 Å². The quantitative estimate of drug-likeness (QED) is 0.871. The molecule has 27 heavy (non-hydrogen) atoms. The Balaban J connectivity index is 1.35. The lowest BCUT2D eigenvalue weighted by Gasteiger charge is -2.23. The molecule has 0 spiro atoms. The van der Waals surface area contributed by atoms with Crippen LogP contribution in [0.3, 0.4) is 0 Å². The summed E-state index contributed by atoms with van der Waals surface area (Å²) in [6, 6.07) is 9.25. The molecule has 1 aromatic heterocycles. The highest BCUT2D eigenvalue weighted by molar-refractivity contribution is 7.17. The molecule has 0 aliphatic carbocycles. The van der Waals surface area contributed by atoms with Crippen molar-refractivity contribution >= 4 is 33.0 Å². The number of fused-ring (bicyclic) bond motifs is 1. The summed E-state index contributed by atoms with van der Waals surface area (Å²) in [5, 5.41) is 15.8. The number of nitrogens with zero attached hydrogens (tertiary/aromatic N) is 3. The van der Waals surface area contributed by atoms with Crippen molar-refractivity contribution in [3.05, 3.63) is 29.6 Å². The van der Waals surface area contributed by atoms with Gasteiger partial charge in [-0.1, -0.05) is 6.07 Å². The summed E-state index contributed by atoms with van der Waals surface area (Å²) < 4.78 is 28.3. The lowest BCUT2D eigenvalue weighted by Crippen LogP contribution is -2.43. The molecule has 2 saturated heterocycles. The number of carbonyl (C=O) groups excluding carboxylic acids is 1. The van der Waals surface area contributed by atoms with Gasteiger partial charge in [0.1, 0.15) is 6.04 Å². The number of nitriles is 1. The van der Waals surface area contributed by atoms with Gasteiger partial charge in [-0.05, 0) is 30.0 Å². The van der Waals surface area contributed by atoms with Gasteiger partial charge in [-0.15, -0.1) is 11.3 Å². The molecule has 0 radical (unpaired) electrons. The summed E-state index contributed by atoms with van der Waals surface area (Å²) in [6.45, 7) is 0.826. The Morgan fingerprint density at radius 3 is 3.07 bits per heavy atom. The number of rotatable bonds is 4. The molecule has 4 rings (SSSR count). The van der Waals surface area contributed by atoms with E-state index in [2.05, 4.69) is 22.8 Å². The average molecular weight is 390 g/mol. The molecule has 1 N–H and O–H groups in total. The van der Waals surface area contributed by atoms with Crippen LogP contribution >= 0.6 is 11.3 Å². The number of nitrogens with one attached hydrogen (secondary N) is 1. The van der Waals surface area contributed by atoms with Gasteiger partial charge in [0.15, 0.2) is 0 Å². The van der Waals surface area contributed by atoms with Gasteiger partial charge in [0.25, 0.3) is 5.92 Å². The lowest BCUT2D eigenvalue weighted by molar-refractivity contribution is -0.133. The van der Waals surface area contributed by atoms with Crippen molar-refractivity contribution in [3.63, 3.8) is 0 Å². The van der Waals surface area contributed by atoms with Gasteiger partial charge < -0.3 is 10.2 Å². The predicted molar refractivity (Wildman–Crippen MR) is 101 cm³/mol. The Labute approximate surface area is 160 Å². The molecule has 0 bridgehead atoms. The van der Waals surface area contributed by atoms with Gasteiger partial charge in [0, 0.05) is 41.3 Å². The molecule has 8 heteroatoms. The third-order valence-electron chi connectivity index (χ3n) is 5.23. The Kier molecular flexibility index (Phi) is 4.74. The molecule has 2 aliphatic rings. The van der Waals surface area contributed by atoms with E-state index in [-0.39, 0.29) is 18.5 Å². The van der Waals surface area contributed by atoms with Crippen molar-refractivity contribution in [1.82, 2.24) is 9.80 Å². The molecule has 2 unspecified atom stereocenters. The highest BCUT2D eigenvalue weighted by atomic mass is 32.1. The maximum Gasteiger partial charge on any atom is 0.268 e. The monoisotopic (exact) mass is 390 g/mol. The number of hydrogen-bond donors (Lipinski definition) is 1. The van der Waals surface area contributed by atoms with Crippen LogP contribution in [0.1, 0.15) is 12.8 Å². The van der Waals surface area contributed by atoms with Gasteiger partial charge in [-0.25, -0.2) is 8.78 Å². The Hall–Kier alpha value is -2.24. The zero-order valence-corrected chi connectivity index (χ0v) is 15.5. The molecule has 1 aromatic carbocycles. The second-order valence-corrected chi connectivity index (χ2v) is 8.18. The number of amides is 1. The van der Waals surface area contributed by atoms with Crippen LogP contribution in [0.15, 0.2) is 29.6 Å². The van der Waals surface area contributed by atoms with Gasteiger partial charge in [0.2, 0.25) is 5.91 Å². The van der Waals surface area contributed by atoms with Crippen LogP contribution in [0.5, 0.6) is 0 Å². The van der Waals surface area contributed by atoms with E-state index in [1.165, 1.54) is 10.1 Å². The van der Waals surface area contributed by atoms with E-state index in [0.717, 1.165) is 23.6 Å². The minimum atomic E-state index is -2.97. The molecule has 3 heterocycles. The SMILES string of the molecule is N#CC1CC(F)(F)CN1C(=O)CN1CCC(Nc2cccc3sccc23)C1. The van der Waals surface area contributed by atoms with Crippen molar-refractivity contribution in [2.75, 3.05) is 31.5 Å². The van der Waals surface area contributed by atoms with E-state index < -0.39 is 24.9 Å². The van der Waals surface area contributed by atoms with Crippen molar-refractivity contribution in [2.45, 2.75) is 30.8 Å². The minimum Gasteiger partial charge on any atom is -0.380 e. The molecular weight excluding hydrogens is 370 g/mol. The summed E-state index contributed by atoms with van der Waals surface area (Å²) >= 11 is 1.70. The molecule has 0 saturated carbocycles. The molecular formula is C19H20F2N4OS. The summed E-state index contributed by atoms with van der Waals surface area (Å²) in [7, 11) is 0. The number of alkyl halides is 2. The van der Waals surface area contributed by atoms with Crippen molar-refractivity contribution in [1.29, 1.82) is 5.26 Å². The summed E-state index contributed by atoms with van der Waals surface area (Å²) in [5.41, 5.74) is 1.08. The van der Waals surface area contributed by atoms with Gasteiger partial charge in [-0.2, -0.15) is 5.26 Å². The van der Waals surface area contributed by atoms with E-state index in [9.17, 15) is 13.6 Å². The third-order valence-corrected chi connectivity index (χ3v) is 6.11. The first kappa shape index (κ1) is 18.1. The van der Waals surface area contributed by atoms with Crippen LogP contribution in [-0.4, -0.2) is 59.9 Å². The fraction of sp³-hybridized carbons (Fsp3) is 0.474. The molecule has 1 amide bonds. The Morgan fingerprint density at radius 1 is 1.41 bits per heavy atom. The number of carbonyl (C=O) groups is 1. The van der Waals surface area contributed by atoms with E-state index >= 15 is 0 Å². The lowest BCUT2D eigenvalue weighted by atomic mass is 10.2. The Bertz CT molecular complexity index is 893. The van der Waals surface area contributed by atoms with E-state index in [4.69, 9.17) is 5.26 Å². The predicted octanol–water partition coefficient (Wildman–Crippen LogP) is 3.15. The summed E-state index contributed by atoms with van der Waals surface area (Å²) in [4.78, 5) is 15.4. The zero-order chi connectivity index (χ0) is 19.0. The van der Waals surface area contributed by atoms with Crippen LogP contribution < -0.4 is 5.32 Å². The number of benzene rings is 1. The fourth-order valence-electron chi connectivity index (χ4n) is 3.91. The normalized spacial score (nSPS) is 25.0. The first-order valence-corrected chi connectivity index (χ1v) is 9.85. The van der Waals surface area contributed by atoms with Crippen molar-refractivity contribution in [2.24, 2.45) is 0 Å². The molecule has 2 fully saturated rings. The smallest absolute Gasteiger partial charge is 0.268 e. The standard InChI is InChI=1S/C19H20F2N4OS/c20-19(21)8-14(9-22)25(12-19)18(26)11-24-6-4-13(10-24)23-16-2-1-3-17-15(16)5-7-27-17/h1-3,5,7,13-14,23H,4,6,8,10-12H2.